The molecule has 0 N–H and O–H groups in total. The molecule has 1 aliphatic heterocycles. The van der Waals surface area contributed by atoms with Crippen molar-refractivity contribution in [1.29, 1.82) is 0 Å². The fraction of sp³-hybridized carbons (Fsp3) is 0.800. The molecule has 0 radical (unpaired) electrons. The predicted octanol–water partition coefficient (Wildman–Crippen LogP) is 1.64. The minimum absolute atomic E-state index is 0.0590. The number of hydrogen-bond acceptors (Lipinski definition) is 1. The van der Waals surface area contributed by atoms with Gasteiger partial charge in [-0.15, -0.1) is 0 Å². The highest BCUT2D eigenvalue weighted by Gasteiger charge is 2.39. The monoisotopic (exact) mass is 137 g/mol. The highest BCUT2D eigenvalue weighted by molar-refractivity contribution is 5.60. The summed E-state index contributed by atoms with van der Waals surface area (Å²) in [7, 11) is 0. The topological polar surface area (TPSA) is 12.4 Å². The molecule has 1 nitrogen and oxygen atoms in total. The molecule has 9 heavy (non-hydrogen) atoms. The normalized spacial score (nSPS) is 27.2. The third-order valence-corrected chi connectivity index (χ3v) is 1.31. The summed E-state index contributed by atoms with van der Waals surface area (Å²) in [6, 6.07) is 0. The van der Waals surface area contributed by atoms with Crippen LogP contribution in [0.2, 0.25) is 0 Å². The van der Waals surface area contributed by atoms with E-state index in [1.165, 1.54) is 6.21 Å². The quantitative estimate of drug-likeness (QED) is 0.481. The number of hydrogen-bond donors (Lipinski definition) is 0. The fourth-order valence-electron chi connectivity index (χ4n) is 0.715. The second kappa shape index (κ2) is 2.01. The first-order chi connectivity index (χ1) is 4.11. The van der Waals surface area contributed by atoms with Crippen molar-refractivity contribution in [3.05, 3.63) is 0 Å². The van der Waals surface area contributed by atoms with Crippen LogP contribution >= 0.6 is 0 Å². The Kier molecular flexibility index (Phi) is 1.47. The van der Waals surface area contributed by atoms with E-state index in [0.717, 1.165) is 0 Å². The van der Waals surface area contributed by atoms with Gasteiger partial charge in [-0.2, -0.15) is 13.2 Å². The van der Waals surface area contributed by atoms with Gasteiger partial charge in [0.1, 0.15) is 0 Å². The summed E-state index contributed by atoms with van der Waals surface area (Å²) >= 11 is 0. The molecule has 1 aliphatic rings. The Hall–Kier alpha value is -0.540. The molecule has 0 aliphatic carbocycles. The molecule has 0 aromatic carbocycles. The predicted molar refractivity (Wildman–Crippen MR) is 27.5 cm³/mol. The lowest BCUT2D eigenvalue weighted by molar-refractivity contribution is -0.167. The van der Waals surface area contributed by atoms with Gasteiger partial charge in [0.25, 0.3) is 0 Å². The second-order valence-electron chi connectivity index (χ2n) is 2.02. The maximum absolute atomic E-state index is 11.7. The van der Waals surface area contributed by atoms with Crippen LogP contribution < -0.4 is 0 Å². The lowest BCUT2D eigenvalue weighted by Gasteiger charge is -2.11. The number of rotatable bonds is 0. The molecule has 0 amide bonds. The van der Waals surface area contributed by atoms with Gasteiger partial charge in [-0.25, -0.2) is 0 Å². The van der Waals surface area contributed by atoms with E-state index in [1.54, 1.807) is 0 Å². The Bertz CT molecular complexity index is 119. The van der Waals surface area contributed by atoms with Crippen molar-refractivity contribution in [2.75, 3.05) is 6.54 Å². The van der Waals surface area contributed by atoms with Gasteiger partial charge in [0.05, 0.1) is 12.5 Å². The van der Waals surface area contributed by atoms with E-state index in [9.17, 15) is 13.2 Å². The van der Waals surface area contributed by atoms with Crippen molar-refractivity contribution >= 4 is 6.21 Å². The van der Waals surface area contributed by atoms with E-state index in [1.807, 2.05) is 0 Å². The van der Waals surface area contributed by atoms with Gasteiger partial charge in [-0.1, -0.05) is 0 Å². The number of aliphatic imine (C=N–C) groups is 1. The van der Waals surface area contributed by atoms with E-state index < -0.39 is 12.1 Å². The minimum Gasteiger partial charge on any atom is -0.297 e. The zero-order valence-corrected chi connectivity index (χ0v) is 4.65. The Morgan fingerprint density at radius 1 is 1.44 bits per heavy atom. The van der Waals surface area contributed by atoms with Gasteiger partial charge in [0, 0.05) is 0 Å². The van der Waals surface area contributed by atoms with E-state index in [0.29, 0.717) is 0 Å². The van der Waals surface area contributed by atoms with Gasteiger partial charge < -0.3 is 0 Å². The molecule has 52 valence electrons. The molecular weight excluding hydrogens is 131 g/mol. The third kappa shape index (κ3) is 1.43. The van der Waals surface area contributed by atoms with Crippen molar-refractivity contribution in [1.82, 2.24) is 0 Å². The van der Waals surface area contributed by atoms with Gasteiger partial charge >= 0.3 is 6.18 Å². The van der Waals surface area contributed by atoms with Crippen LogP contribution in [0.5, 0.6) is 0 Å². The summed E-state index contributed by atoms with van der Waals surface area (Å²) in [4.78, 5) is 3.49. The van der Waals surface area contributed by atoms with Crippen molar-refractivity contribution < 1.29 is 13.2 Å². The largest absolute Gasteiger partial charge is 0.393 e. The van der Waals surface area contributed by atoms with Crippen LogP contribution in [0, 0.1) is 5.92 Å². The summed E-state index contributed by atoms with van der Waals surface area (Å²) < 4.78 is 35.0. The van der Waals surface area contributed by atoms with Crippen LogP contribution in [0.3, 0.4) is 0 Å². The van der Waals surface area contributed by atoms with Crippen LogP contribution in [0.25, 0.3) is 0 Å². The number of alkyl halides is 3. The van der Waals surface area contributed by atoms with Crippen molar-refractivity contribution in [3.63, 3.8) is 0 Å². The SMILES string of the molecule is FC(F)(F)C1CC=NC1. The fourth-order valence-corrected chi connectivity index (χ4v) is 0.715. The van der Waals surface area contributed by atoms with Crippen LogP contribution in [0.15, 0.2) is 4.99 Å². The van der Waals surface area contributed by atoms with Crippen molar-refractivity contribution in [2.45, 2.75) is 12.6 Å². The third-order valence-electron chi connectivity index (χ3n) is 1.31. The first-order valence-electron chi connectivity index (χ1n) is 2.65. The first kappa shape index (κ1) is 6.58. The summed E-state index contributed by atoms with van der Waals surface area (Å²) in [5.74, 6) is -1.21. The first-order valence-corrected chi connectivity index (χ1v) is 2.65. The lowest BCUT2D eigenvalue weighted by atomic mass is 10.1. The van der Waals surface area contributed by atoms with E-state index in [-0.39, 0.29) is 13.0 Å². The summed E-state index contributed by atoms with van der Waals surface area (Å²) in [6.45, 7) is -0.0799. The standard InChI is InChI=1S/C5H6F3N/c6-5(7,8)4-1-2-9-3-4/h2,4H,1,3H2. The highest BCUT2D eigenvalue weighted by Crippen LogP contribution is 2.30. The molecule has 0 spiro atoms. The molecule has 0 fully saturated rings. The van der Waals surface area contributed by atoms with Crippen LogP contribution in [0.4, 0.5) is 13.2 Å². The maximum Gasteiger partial charge on any atom is 0.393 e. The van der Waals surface area contributed by atoms with Crippen molar-refractivity contribution in [2.24, 2.45) is 10.9 Å². The molecule has 4 heteroatoms. The molecule has 0 aromatic rings. The average molecular weight is 137 g/mol. The van der Waals surface area contributed by atoms with E-state index >= 15 is 0 Å². The van der Waals surface area contributed by atoms with Gasteiger partial charge in [0.15, 0.2) is 0 Å². The average Bonchev–Trinajstić information content (AvgIpc) is 2.08. The molecule has 1 unspecified atom stereocenters. The minimum atomic E-state index is -4.05. The number of nitrogens with zero attached hydrogens (tertiary/aromatic N) is 1. The molecule has 1 heterocycles. The molecule has 1 atom stereocenters. The Morgan fingerprint density at radius 3 is 2.33 bits per heavy atom. The number of halogens is 3. The molecule has 0 saturated heterocycles. The smallest absolute Gasteiger partial charge is 0.297 e. The molecule has 0 aromatic heterocycles. The summed E-state index contributed by atoms with van der Waals surface area (Å²) in [6.07, 6.45) is -2.65. The summed E-state index contributed by atoms with van der Waals surface area (Å²) in [5.41, 5.74) is 0. The van der Waals surface area contributed by atoms with Crippen LogP contribution in [-0.4, -0.2) is 18.9 Å². The van der Waals surface area contributed by atoms with E-state index in [2.05, 4.69) is 4.99 Å². The molecule has 1 rings (SSSR count). The van der Waals surface area contributed by atoms with Crippen molar-refractivity contribution in [3.8, 4) is 0 Å². The Labute approximate surface area is 50.6 Å². The van der Waals surface area contributed by atoms with Gasteiger partial charge in [0.2, 0.25) is 0 Å². The molecular formula is C5H6F3N. The maximum atomic E-state index is 11.7. The van der Waals surface area contributed by atoms with Gasteiger partial charge in [-0.05, 0) is 12.6 Å². The van der Waals surface area contributed by atoms with Crippen LogP contribution in [0.1, 0.15) is 6.42 Å². The Morgan fingerprint density at radius 2 is 2.11 bits per heavy atom. The zero-order chi connectivity index (χ0) is 6.91. The summed E-state index contributed by atoms with van der Waals surface area (Å²) in [5, 5.41) is 0. The lowest BCUT2D eigenvalue weighted by Crippen LogP contribution is -2.22. The second-order valence-corrected chi connectivity index (χ2v) is 2.02. The molecule has 0 bridgehead atoms. The zero-order valence-electron chi connectivity index (χ0n) is 4.65. The Balaban J connectivity index is 2.46. The molecule has 0 saturated carbocycles. The van der Waals surface area contributed by atoms with E-state index in [4.69, 9.17) is 0 Å². The highest BCUT2D eigenvalue weighted by atomic mass is 19.4. The van der Waals surface area contributed by atoms with Gasteiger partial charge in [-0.3, -0.25) is 4.99 Å². The van der Waals surface area contributed by atoms with Crippen LogP contribution in [-0.2, 0) is 0 Å².